The van der Waals surface area contributed by atoms with E-state index in [0.717, 1.165) is 111 Å². The van der Waals surface area contributed by atoms with Crippen molar-refractivity contribution < 1.29 is 24.2 Å². The third kappa shape index (κ3) is 7.90. The maximum absolute atomic E-state index is 13.0. The Morgan fingerprint density at radius 2 is 0.954 bits per heavy atom. The molecule has 0 saturated carbocycles. The number of fused-ring (bicyclic) bond motifs is 20. The lowest BCUT2D eigenvalue weighted by Gasteiger charge is -2.21. The molecule has 3 N–H and O–H groups in total. The van der Waals surface area contributed by atoms with E-state index in [1.807, 2.05) is 6.92 Å². The second kappa shape index (κ2) is 17.0. The minimum Gasteiger partial charge on any atom is -0.463 e. The number of aromatic nitrogens is 4. The quantitative estimate of drug-likeness (QED) is 0.0914. The number of nitrogens with zero attached hydrogens (tertiary/aromatic N) is 2. The molecule has 0 spiro atoms. The van der Waals surface area contributed by atoms with E-state index >= 15 is 0 Å². The zero-order chi connectivity index (χ0) is 46.1. The van der Waals surface area contributed by atoms with Crippen molar-refractivity contribution in [3.8, 4) is 45.0 Å². The van der Waals surface area contributed by atoms with Crippen molar-refractivity contribution in [3.63, 3.8) is 0 Å². The molecule has 0 saturated heterocycles. The van der Waals surface area contributed by atoms with E-state index in [0.29, 0.717) is 12.2 Å². The molecule has 4 aromatic carbocycles. The van der Waals surface area contributed by atoms with E-state index in [9.17, 15) is 14.7 Å². The summed E-state index contributed by atoms with van der Waals surface area (Å²) in [5.74, 6) is -0.382. The SMILES string of the molecule is CCC(C)(C)C(=O)OCC(O)COC(=O)CCSc1ccc(C)c2c3cc4nc(cc5[nH]c(cc6nc(cc([nH]3)c12)-c1c(C)ccc(C)c1-6)c1c(C)ccc(C)c51)-c1c(C)ccc(C)c1-4. The van der Waals surface area contributed by atoms with Crippen LogP contribution in [0.3, 0.4) is 0 Å². The number of carbonyl (C=O) groups excluding carboxylic acids is 2. The summed E-state index contributed by atoms with van der Waals surface area (Å²) in [4.78, 5) is 45.0. The van der Waals surface area contributed by atoms with Crippen molar-refractivity contribution >= 4 is 67.3 Å². The molecule has 7 aromatic rings. The van der Waals surface area contributed by atoms with Crippen LogP contribution in [0.1, 0.15) is 72.6 Å². The number of carbonyl (C=O) groups is 2. The summed E-state index contributed by atoms with van der Waals surface area (Å²) in [6.45, 7) is 20.1. The first-order chi connectivity index (χ1) is 31.0. The van der Waals surface area contributed by atoms with Crippen LogP contribution in [-0.2, 0) is 19.1 Å². The highest BCUT2D eigenvalue weighted by Crippen LogP contribution is 2.46. The van der Waals surface area contributed by atoms with Gasteiger partial charge in [-0.05, 0) is 138 Å². The van der Waals surface area contributed by atoms with Crippen LogP contribution in [0.25, 0.3) is 88.6 Å². The summed E-state index contributed by atoms with van der Waals surface area (Å²) in [7, 11) is 0. The maximum atomic E-state index is 13.0. The normalized spacial score (nSPS) is 12.7. The standard InChI is InChI=1S/C55H56N4O5S/c1-11-55(9,10)54(62)64-27-35(60)26-63-45(61)20-21-65-44-19-18-34(8)52-42-24-40-50-32(6)15-14-30(4)48(50)38(57-40)22-36-46-28(2)12-13-29(3)47(46)37(56-36)23-39-49-31(5)16-17-33(7)51(49)41(58-39)25-43(59-42)53(44)52/h12-19,22-25,35,56,59-60H,11,20-21,26-27H2,1-10H3. The topological polar surface area (TPSA) is 130 Å². The predicted octanol–water partition coefficient (Wildman–Crippen LogP) is 12.8. The molecule has 8 bridgehead atoms. The minimum absolute atomic E-state index is 0.125. The average molecular weight is 885 g/mol. The molecule has 10 heteroatoms. The molecule has 3 aromatic heterocycles. The van der Waals surface area contributed by atoms with E-state index < -0.39 is 23.5 Å². The number of aryl methyl sites for hydroxylation is 7. The van der Waals surface area contributed by atoms with Crippen molar-refractivity contribution in [2.75, 3.05) is 19.0 Å². The zero-order valence-corrected chi connectivity index (χ0v) is 39.7. The average Bonchev–Trinajstić information content (AvgIpc) is 4.03. The van der Waals surface area contributed by atoms with E-state index in [1.165, 1.54) is 21.9 Å². The molecule has 332 valence electrons. The number of benzene rings is 4. The first-order valence-corrected chi connectivity index (χ1v) is 23.5. The number of hydrogen-bond acceptors (Lipinski definition) is 8. The number of nitrogens with one attached hydrogen (secondary N) is 2. The third-order valence-electron chi connectivity index (χ3n) is 13.3. The molecular weight excluding hydrogens is 829 g/mol. The Hall–Kier alpha value is -6.23. The van der Waals surface area contributed by atoms with Crippen molar-refractivity contribution in [2.24, 2.45) is 5.41 Å². The molecule has 2 aliphatic rings. The first-order valence-electron chi connectivity index (χ1n) is 22.5. The molecule has 2 aliphatic heterocycles. The second-order valence-corrected chi connectivity index (χ2v) is 19.6. The van der Waals surface area contributed by atoms with Crippen molar-refractivity contribution in [1.29, 1.82) is 0 Å². The minimum atomic E-state index is -1.11. The van der Waals surface area contributed by atoms with Crippen LogP contribution in [0.15, 0.2) is 77.7 Å². The number of ether oxygens (including phenoxy) is 2. The van der Waals surface area contributed by atoms with Crippen molar-refractivity contribution in [3.05, 3.63) is 112 Å². The van der Waals surface area contributed by atoms with Crippen LogP contribution < -0.4 is 0 Å². The monoisotopic (exact) mass is 884 g/mol. The molecule has 9 nitrogen and oxygen atoms in total. The van der Waals surface area contributed by atoms with Crippen LogP contribution in [0, 0.1) is 53.9 Å². The van der Waals surface area contributed by atoms with E-state index in [1.54, 1.807) is 25.6 Å². The largest absolute Gasteiger partial charge is 0.463 e. The molecule has 9 rings (SSSR count). The Labute approximate surface area is 384 Å². The number of thioether (sulfide) groups is 1. The first kappa shape index (κ1) is 44.0. The molecule has 0 amide bonds. The molecule has 0 fully saturated rings. The molecule has 1 atom stereocenters. The summed E-state index contributed by atoms with van der Waals surface area (Å²) in [6.07, 6.45) is -0.376. The van der Waals surface area contributed by atoms with Gasteiger partial charge in [0.1, 0.15) is 19.3 Å². The Balaban J connectivity index is 1.21. The summed E-state index contributed by atoms with van der Waals surface area (Å²) < 4.78 is 10.7. The lowest BCUT2D eigenvalue weighted by Crippen LogP contribution is -2.31. The number of hydrogen-bond donors (Lipinski definition) is 3. The van der Waals surface area contributed by atoms with Gasteiger partial charge in [-0.25, -0.2) is 9.97 Å². The van der Waals surface area contributed by atoms with E-state index in [4.69, 9.17) is 19.4 Å². The van der Waals surface area contributed by atoms with Gasteiger partial charge in [0.25, 0.3) is 0 Å². The fourth-order valence-corrected chi connectivity index (χ4v) is 10.4. The highest BCUT2D eigenvalue weighted by atomic mass is 32.2. The van der Waals surface area contributed by atoms with Crippen LogP contribution in [0.4, 0.5) is 0 Å². The third-order valence-corrected chi connectivity index (χ3v) is 14.4. The summed E-state index contributed by atoms with van der Waals surface area (Å²) in [5.41, 5.74) is 19.4. The van der Waals surface area contributed by atoms with Gasteiger partial charge in [-0.1, -0.05) is 49.4 Å². The fraction of sp³-hybridized carbons (Fsp3) is 0.309. The van der Waals surface area contributed by atoms with Crippen molar-refractivity contribution in [1.82, 2.24) is 19.9 Å². The lowest BCUT2D eigenvalue weighted by atomic mass is 9.91. The molecule has 1 unspecified atom stereocenters. The van der Waals surface area contributed by atoms with Gasteiger partial charge >= 0.3 is 11.9 Å². The molecule has 0 radical (unpaired) electrons. The van der Waals surface area contributed by atoms with Crippen LogP contribution >= 0.6 is 11.8 Å². The van der Waals surface area contributed by atoms with Crippen LogP contribution in [0.5, 0.6) is 0 Å². The lowest BCUT2D eigenvalue weighted by molar-refractivity contribution is -0.159. The van der Waals surface area contributed by atoms with Gasteiger partial charge in [0.15, 0.2) is 0 Å². The molecule has 0 aliphatic carbocycles. The Kier molecular flexibility index (Phi) is 11.5. The van der Waals surface area contributed by atoms with E-state index in [-0.39, 0.29) is 19.6 Å². The number of rotatable bonds is 10. The van der Waals surface area contributed by atoms with Crippen LogP contribution in [-0.4, -0.2) is 62.1 Å². The van der Waals surface area contributed by atoms with Gasteiger partial charge < -0.3 is 24.5 Å². The van der Waals surface area contributed by atoms with E-state index in [2.05, 4.69) is 131 Å². The highest BCUT2D eigenvalue weighted by Gasteiger charge is 2.28. The summed E-state index contributed by atoms with van der Waals surface area (Å²) >= 11 is 1.59. The number of aliphatic hydroxyl groups excluding tert-OH is 1. The smallest absolute Gasteiger partial charge is 0.311 e. The highest BCUT2D eigenvalue weighted by molar-refractivity contribution is 7.99. The number of aromatic amines is 2. The number of H-pyrrole nitrogens is 2. The number of aliphatic hydroxyl groups is 1. The summed E-state index contributed by atoms with van der Waals surface area (Å²) in [5, 5.41) is 14.9. The molecule has 5 heterocycles. The van der Waals surface area contributed by atoms with Gasteiger partial charge in [0.2, 0.25) is 0 Å². The predicted molar refractivity (Wildman–Crippen MR) is 265 cm³/mol. The maximum Gasteiger partial charge on any atom is 0.311 e. The van der Waals surface area contributed by atoms with Gasteiger partial charge in [0, 0.05) is 76.5 Å². The molecular formula is C55H56N4O5S. The van der Waals surface area contributed by atoms with Gasteiger partial charge in [-0.3, -0.25) is 9.59 Å². The van der Waals surface area contributed by atoms with Crippen LogP contribution in [0.2, 0.25) is 0 Å². The summed E-state index contributed by atoms with van der Waals surface area (Å²) in [6, 6.07) is 26.2. The van der Waals surface area contributed by atoms with Gasteiger partial charge in [-0.2, -0.15) is 0 Å². The second-order valence-electron chi connectivity index (χ2n) is 18.5. The Morgan fingerprint density at radius 1 is 0.585 bits per heavy atom. The van der Waals surface area contributed by atoms with Gasteiger partial charge in [0.05, 0.1) is 34.6 Å². The van der Waals surface area contributed by atoms with Crippen molar-refractivity contribution in [2.45, 2.75) is 93.1 Å². The zero-order valence-electron chi connectivity index (χ0n) is 38.9. The fourth-order valence-electron chi connectivity index (χ4n) is 9.36. The molecule has 65 heavy (non-hydrogen) atoms. The Bertz CT molecular complexity index is 3290. The Morgan fingerprint density at radius 3 is 1.38 bits per heavy atom. The van der Waals surface area contributed by atoms with Gasteiger partial charge in [-0.15, -0.1) is 11.8 Å². The number of esters is 2.